The quantitative estimate of drug-likeness (QED) is 0.561. The first kappa shape index (κ1) is 16.6. The molecule has 26 heavy (non-hydrogen) atoms. The number of nitrogens with zero attached hydrogens (tertiary/aromatic N) is 2. The van der Waals surface area contributed by atoms with Gasteiger partial charge in [0, 0.05) is 23.5 Å². The second-order valence-corrected chi connectivity index (χ2v) is 7.77. The third-order valence-electron chi connectivity index (χ3n) is 4.44. The zero-order chi connectivity index (χ0) is 18.1. The Kier molecular flexibility index (Phi) is 4.36. The highest BCUT2D eigenvalue weighted by Gasteiger charge is 2.21. The third-order valence-corrected chi connectivity index (χ3v) is 5.46. The molecular weight excluding hydrogens is 342 g/mol. The van der Waals surface area contributed by atoms with Crippen molar-refractivity contribution in [2.45, 2.75) is 19.3 Å². The van der Waals surface area contributed by atoms with Gasteiger partial charge in [0.05, 0.1) is 22.3 Å². The van der Waals surface area contributed by atoms with E-state index < -0.39 is 0 Å². The topological polar surface area (TPSA) is 46.9 Å². The molecule has 1 aliphatic carbocycles. The first-order chi connectivity index (χ1) is 12.6. The molecule has 0 spiro atoms. The summed E-state index contributed by atoms with van der Waals surface area (Å²) in [6, 6.07) is 6.20. The van der Waals surface area contributed by atoms with Crippen LogP contribution in [0.2, 0.25) is 0 Å². The number of hydrogen-bond donors (Lipinski definition) is 1. The SMILES string of the molecule is C=CC(=O)Nc1cnc2c(c1)c(C#Cc1ccc(CC3CC3)s1)cn2C. The lowest BCUT2D eigenvalue weighted by atomic mass is 10.2. The van der Waals surface area contributed by atoms with Crippen LogP contribution in [0.5, 0.6) is 0 Å². The number of amides is 1. The fourth-order valence-corrected chi connectivity index (χ4v) is 3.89. The van der Waals surface area contributed by atoms with Gasteiger partial charge < -0.3 is 9.88 Å². The van der Waals surface area contributed by atoms with Crippen LogP contribution < -0.4 is 5.32 Å². The third kappa shape index (κ3) is 3.56. The van der Waals surface area contributed by atoms with E-state index in [4.69, 9.17) is 0 Å². The molecule has 3 aromatic rings. The highest BCUT2D eigenvalue weighted by molar-refractivity contribution is 7.12. The lowest BCUT2D eigenvalue weighted by Gasteiger charge is -2.02. The predicted octanol–water partition coefficient (Wildman–Crippen LogP) is 4.11. The van der Waals surface area contributed by atoms with E-state index in [9.17, 15) is 4.79 Å². The molecule has 1 amide bonds. The van der Waals surface area contributed by atoms with Crippen molar-refractivity contribution in [3.63, 3.8) is 0 Å². The molecule has 3 aromatic heterocycles. The second-order valence-electron chi connectivity index (χ2n) is 6.61. The van der Waals surface area contributed by atoms with Crippen molar-refractivity contribution in [2.75, 3.05) is 5.32 Å². The van der Waals surface area contributed by atoms with Crippen molar-refractivity contribution in [1.29, 1.82) is 0 Å². The number of fused-ring (bicyclic) bond motifs is 1. The Hall–Kier alpha value is -2.84. The lowest BCUT2D eigenvalue weighted by Crippen LogP contribution is -2.07. The Balaban J connectivity index is 1.63. The van der Waals surface area contributed by atoms with Crippen LogP contribution in [-0.4, -0.2) is 15.5 Å². The number of aryl methyl sites for hydroxylation is 1. The Labute approximate surface area is 156 Å². The fraction of sp³-hybridized carbons (Fsp3) is 0.238. The Morgan fingerprint density at radius 3 is 3.08 bits per heavy atom. The van der Waals surface area contributed by atoms with Gasteiger partial charge in [-0.25, -0.2) is 4.98 Å². The average molecular weight is 361 g/mol. The van der Waals surface area contributed by atoms with Crippen molar-refractivity contribution in [2.24, 2.45) is 13.0 Å². The lowest BCUT2D eigenvalue weighted by molar-refractivity contribution is -0.111. The smallest absolute Gasteiger partial charge is 0.247 e. The van der Waals surface area contributed by atoms with Gasteiger partial charge in [0.25, 0.3) is 0 Å². The number of thiophene rings is 1. The van der Waals surface area contributed by atoms with Gasteiger partial charge in [-0.15, -0.1) is 11.3 Å². The van der Waals surface area contributed by atoms with E-state index in [0.29, 0.717) is 5.69 Å². The minimum absolute atomic E-state index is 0.253. The average Bonchev–Trinajstić information content (AvgIpc) is 3.24. The first-order valence-electron chi connectivity index (χ1n) is 8.61. The van der Waals surface area contributed by atoms with E-state index in [1.807, 2.05) is 23.9 Å². The van der Waals surface area contributed by atoms with E-state index >= 15 is 0 Å². The van der Waals surface area contributed by atoms with Gasteiger partial charge in [-0.1, -0.05) is 18.4 Å². The van der Waals surface area contributed by atoms with Gasteiger partial charge in [-0.3, -0.25) is 4.79 Å². The molecule has 0 radical (unpaired) electrons. The number of pyridine rings is 1. The molecule has 1 saturated carbocycles. The zero-order valence-electron chi connectivity index (χ0n) is 14.6. The van der Waals surface area contributed by atoms with Gasteiger partial charge in [-0.05, 0) is 49.5 Å². The summed E-state index contributed by atoms with van der Waals surface area (Å²) in [6.45, 7) is 3.47. The second kappa shape index (κ2) is 6.81. The molecule has 0 saturated heterocycles. The molecule has 5 heteroatoms. The molecule has 0 bridgehead atoms. The Bertz CT molecular complexity index is 1060. The van der Waals surface area contributed by atoms with Crippen molar-refractivity contribution >= 4 is 34.0 Å². The number of hydrogen-bond acceptors (Lipinski definition) is 3. The van der Waals surface area contributed by atoms with Gasteiger partial charge in [0.1, 0.15) is 5.65 Å². The molecule has 4 rings (SSSR count). The van der Waals surface area contributed by atoms with Gasteiger partial charge in [0.15, 0.2) is 0 Å². The highest BCUT2D eigenvalue weighted by atomic mass is 32.1. The molecule has 4 nitrogen and oxygen atoms in total. The van der Waals surface area contributed by atoms with E-state index in [2.05, 4.69) is 40.9 Å². The van der Waals surface area contributed by atoms with E-state index in [-0.39, 0.29) is 5.91 Å². The van der Waals surface area contributed by atoms with Crippen LogP contribution in [0.15, 0.2) is 43.2 Å². The van der Waals surface area contributed by atoms with Gasteiger partial charge in [0.2, 0.25) is 5.91 Å². The molecule has 3 heterocycles. The molecule has 0 aliphatic heterocycles. The van der Waals surface area contributed by atoms with Crippen molar-refractivity contribution in [3.8, 4) is 11.8 Å². The Morgan fingerprint density at radius 2 is 2.31 bits per heavy atom. The number of rotatable bonds is 4. The zero-order valence-corrected chi connectivity index (χ0v) is 15.4. The summed E-state index contributed by atoms with van der Waals surface area (Å²) >= 11 is 1.78. The first-order valence-corrected chi connectivity index (χ1v) is 9.43. The van der Waals surface area contributed by atoms with Crippen LogP contribution in [0, 0.1) is 17.8 Å². The number of carbonyl (C=O) groups is 1. The van der Waals surface area contributed by atoms with Gasteiger partial charge in [-0.2, -0.15) is 0 Å². The van der Waals surface area contributed by atoms with Crippen LogP contribution in [-0.2, 0) is 18.3 Å². The van der Waals surface area contributed by atoms with E-state index in [1.54, 1.807) is 17.5 Å². The molecular formula is C21H19N3OS. The van der Waals surface area contributed by atoms with Crippen molar-refractivity contribution in [3.05, 3.63) is 58.6 Å². The van der Waals surface area contributed by atoms with Crippen LogP contribution in [0.25, 0.3) is 11.0 Å². The molecule has 1 fully saturated rings. The fourth-order valence-electron chi connectivity index (χ4n) is 2.91. The summed E-state index contributed by atoms with van der Waals surface area (Å²) in [4.78, 5) is 18.5. The standard InChI is InChI=1S/C21H19N3OS/c1-3-20(25)23-16-11-19-15(13-24(2)21(19)22-12-16)6-7-17-8-9-18(26-17)10-14-4-5-14/h3,8-9,11-14H,1,4-5,10H2,2H3,(H,23,25). The van der Waals surface area contributed by atoms with Crippen LogP contribution in [0.1, 0.15) is 28.2 Å². The summed E-state index contributed by atoms with van der Waals surface area (Å²) in [6.07, 6.45) is 8.79. The molecule has 0 unspecified atom stereocenters. The van der Waals surface area contributed by atoms with Crippen LogP contribution >= 0.6 is 11.3 Å². The molecule has 1 N–H and O–H groups in total. The molecule has 130 valence electrons. The van der Waals surface area contributed by atoms with Crippen molar-refractivity contribution in [1.82, 2.24) is 9.55 Å². The maximum Gasteiger partial charge on any atom is 0.247 e. The predicted molar refractivity (Wildman–Crippen MR) is 106 cm³/mol. The largest absolute Gasteiger partial charge is 0.334 e. The maximum absolute atomic E-state index is 11.5. The summed E-state index contributed by atoms with van der Waals surface area (Å²) in [5, 5.41) is 3.67. The van der Waals surface area contributed by atoms with Gasteiger partial charge >= 0.3 is 0 Å². The number of aromatic nitrogens is 2. The van der Waals surface area contributed by atoms with E-state index in [0.717, 1.165) is 27.4 Å². The summed E-state index contributed by atoms with van der Waals surface area (Å²) in [7, 11) is 1.95. The normalized spacial score (nSPS) is 13.3. The summed E-state index contributed by atoms with van der Waals surface area (Å²) < 4.78 is 1.95. The number of anilines is 1. The number of nitrogens with one attached hydrogen (secondary N) is 1. The molecule has 0 aromatic carbocycles. The maximum atomic E-state index is 11.5. The molecule has 0 atom stereocenters. The molecule has 1 aliphatic rings. The monoisotopic (exact) mass is 361 g/mol. The van der Waals surface area contributed by atoms with Crippen LogP contribution in [0.4, 0.5) is 5.69 Å². The highest BCUT2D eigenvalue weighted by Crippen LogP contribution is 2.34. The minimum Gasteiger partial charge on any atom is -0.334 e. The van der Waals surface area contributed by atoms with Crippen LogP contribution in [0.3, 0.4) is 0 Å². The summed E-state index contributed by atoms with van der Waals surface area (Å²) in [5.74, 6) is 7.18. The number of carbonyl (C=O) groups excluding carboxylic acids is 1. The summed E-state index contributed by atoms with van der Waals surface area (Å²) in [5.41, 5.74) is 2.38. The Morgan fingerprint density at radius 1 is 1.46 bits per heavy atom. The van der Waals surface area contributed by atoms with Crippen molar-refractivity contribution < 1.29 is 4.79 Å². The minimum atomic E-state index is -0.253. The van der Waals surface area contributed by atoms with E-state index in [1.165, 1.54) is 30.2 Å².